The van der Waals surface area contributed by atoms with E-state index in [9.17, 15) is 5.26 Å². The molecular weight excluding hydrogens is 240 g/mol. The van der Waals surface area contributed by atoms with Gasteiger partial charge in [-0.15, -0.1) is 11.3 Å². The molecule has 1 fully saturated rings. The predicted molar refractivity (Wildman–Crippen MR) is 73.5 cm³/mol. The summed E-state index contributed by atoms with van der Waals surface area (Å²) < 4.78 is 0. The minimum absolute atomic E-state index is 0.218. The minimum atomic E-state index is -0.218. The molecule has 1 saturated carbocycles. The topological polar surface area (TPSA) is 36.7 Å². The van der Waals surface area contributed by atoms with Gasteiger partial charge in [0.25, 0.3) is 0 Å². The van der Waals surface area contributed by atoms with Gasteiger partial charge in [0, 0.05) is 10.4 Å². The molecule has 2 nitrogen and oxygen atoms in total. The van der Waals surface area contributed by atoms with Crippen LogP contribution in [0.5, 0.6) is 0 Å². The Hall–Kier alpha value is -1.66. The average molecular weight is 254 g/mol. The van der Waals surface area contributed by atoms with Crippen LogP contribution in [0.15, 0.2) is 24.3 Å². The van der Waals surface area contributed by atoms with Gasteiger partial charge in [-0.05, 0) is 26.7 Å². The predicted octanol–water partition coefficient (Wildman–Crippen LogP) is 3.98. The first-order valence-corrected chi connectivity index (χ1v) is 6.92. The van der Waals surface area contributed by atoms with Crippen LogP contribution in [-0.4, -0.2) is 4.98 Å². The molecule has 0 aliphatic heterocycles. The molecule has 0 saturated heterocycles. The van der Waals surface area contributed by atoms with Crippen molar-refractivity contribution in [1.82, 2.24) is 4.98 Å². The van der Waals surface area contributed by atoms with Crippen LogP contribution in [0.2, 0.25) is 0 Å². The molecule has 90 valence electrons. The summed E-state index contributed by atoms with van der Waals surface area (Å²) in [7, 11) is 0. The average Bonchev–Trinajstić information content (AvgIpc) is 3.08. The largest absolute Gasteiger partial charge is 0.241 e. The summed E-state index contributed by atoms with van der Waals surface area (Å²) in [5, 5.41) is 10.3. The Labute approximate surface area is 111 Å². The Balaban J connectivity index is 2.03. The van der Waals surface area contributed by atoms with Gasteiger partial charge in [-0.2, -0.15) is 5.26 Å². The van der Waals surface area contributed by atoms with E-state index < -0.39 is 0 Å². The third-order valence-corrected chi connectivity index (χ3v) is 4.90. The number of thiazole rings is 1. The normalized spacial score (nSPS) is 16.3. The molecule has 1 aliphatic carbocycles. The molecule has 1 aromatic heterocycles. The van der Waals surface area contributed by atoms with Crippen molar-refractivity contribution in [2.45, 2.75) is 32.1 Å². The smallest absolute Gasteiger partial charge is 0.123 e. The van der Waals surface area contributed by atoms with Gasteiger partial charge in [0.15, 0.2) is 0 Å². The van der Waals surface area contributed by atoms with E-state index in [1.54, 1.807) is 11.3 Å². The second-order valence-corrected chi connectivity index (χ2v) is 5.99. The molecule has 0 atom stereocenters. The molecule has 0 radical (unpaired) electrons. The van der Waals surface area contributed by atoms with Crippen molar-refractivity contribution in [3.63, 3.8) is 0 Å². The summed E-state index contributed by atoms with van der Waals surface area (Å²) in [4.78, 5) is 5.80. The van der Waals surface area contributed by atoms with Gasteiger partial charge in [-0.3, -0.25) is 0 Å². The van der Waals surface area contributed by atoms with Crippen molar-refractivity contribution in [1.29, 1.82) is 5.26 Å². The van der Waals surface area contributed by atoms with Gasteiger partial charge >= 0.3 is 0 Å². The quantitative estimate of drug-likeness (QED) is 0.812. The van der Waals surface area contributed by atoms with Crippen LogP contribution in [0.25, 0.3) is 10.6 Å². The van der Waals surface area contributed by atoms with Gasteiger partial charge in [0.1, 0.15) is 5.01 Å². The fraction of sp³-hybridized carbons (Fsp3) is 0.333. The first-order chi connectivity index (χ1) is 8.64. The van der Waals surface area contributed by atoms with Gasteiger partial charge in [-0.1, -0.05) is 29.8 Å². The second kappa shape index (κ2) is 3.93. The molecule has 0 unspecified atom stereocenters. The first kappa shape index (κ1) is 11.4. The number of benzene rings is 1. The lowest BCUT2D eigenvalue weighted by atomic mass is 10.1. The summed E-state index contributed by atoms with van der Waals surface area (Å²) in [5.41, 5.74) is 3.20. The summed E-state index contributed by atoms with van der Waals surface area (Å²) >= 11 is 1.68. The summed E-state index contributed by atoms with van der Waals surface area (Å²) in [6.07, 6.45) is 1.97. The molecule has 0 spiro atoms. The Kier molecular flexibility index (Phi) is 2.49. The lowest BCUT2D eigenvalue weighted by Gasteiger charge is -2.01. The minimum Gasteiger partial charge on any atom is -0.241 e. The van der Waals surface area contributed by atoms with E-state index >= 15 is 0 Å². The molecule has 3 rings (SSSR count). The van der Waals surface area contributed by atoms with E-state index in [2.05, 4.69) is 42.2 Å². The van der Waals surface area contributed by atoms with Crippen LogP contribution in [0, 0.1) is 25.2 Å². The van der Waals surface area contributed by atoms with Crippen molar-refractivity contribution in [3.05, 3.63) is 40.4 Å². The molecule has 2 aromatic rings. The first-order valence-electron chi connectivity index (χ1n) is 6.11. The third-order valence-electron chi connectivity index (χ3n) is 3.49. The Morgan fingerprint density at radius 3 is 2.44 bits per heavy atom. The van der Waals surface area contributed by atoms with E-state index in [1.807, 2.05) is 6.92 Å². The number of nitrogens with zero attached hydrogens (tertiary/aromatic N) is 2. The Morgan fingerprint density at radius 1 is 1.22 bits per heavy atom. The van der Waals surface area contributed by atoms with Crippen molar-refractivity contribution in [3.8, 4) is 16.6 Å². The summed E-state index contributed by atoms with van der Waals surface area (Å²) in [5.74, 6) is 0. The fourth-order valence-corrected chi connectivity index (χ4v) is 3.44. The lowest BCUT2D eigenvalue weighted by molar-refractivity contribution is 0.914. The van der Waals surface area contributed by atoms with Crippen LogP contribution in [0.4, 0.5) is 0 Å². The number of hydrogen-bond acceptors (Lipinski definition) is 3. The van der Waals surface area contributed by atoms with Crippen LogP contribution in [0.3, 0.4) is 0 Å². The van der Waals surface area contributed by atoms with Crippen molar-refractivity contribution in [2.24, 2.45) is 0 Å². The highest BCUT2D eigenvalue weighted by atomic mass is 32.1. The SMILES string of the molecule is Cc1ccc(-c2nc(C)c(C3(C#N)CC3)s2)cc1. The second-order valence-electron chi connectivity index (χ2n) is 4.99. The van der Waals surface area contributed by atoms with E-state index in [1.165, 1.54) is 10.4 Å². The number of nitriles is 1. The van der Waals surface area contributed by atoms with E-state index in [-0.39, 0.29) is 5.41 Å². The van der Waals surface area contributed by atoms with Crippen molar-refractivity contribution in [2.75, 3.05) is 0 Å². The van der Waals surface area contributed by atoms with Crippen molar-refractivity contribution >= 4 is 11.3 Å². The number of aryl methyl sites for hydroxylation is 2. The molecule has 1 aromatic carbocycles. The van der Waals surface area contributed by atoms with Gasteiger partial charge < -0.3 is 0 Å². The van der Waals surface area contributed by atoms with Gasteiger partial charge in [-0.25, -0.2) is 4.98 Å². The number of hydrogen-bond donors (Lipinski definition) is 0. The maximum Gasteiger partial charge on any atom is 0.123 e. The van der Waals surface area contributed by atoms with E-state index in [4.69, 9.17) is 0 Å². The number of aromatic nitrogens is 1. The Morgan fingerprint density at radius 2 is 1.89 bits per heavy atom. The highest BCUT2D eigenvalue weighted by molar-refractivity contribution is 7.15. The highest BCUT2D eigenvalue weighted by Gasteiger charge is 2.47. The third kappa shape index (κ3) is 1.74. The molecule has 1 heterocycles. The van der Waals surface area contributed by atoms with Crippen LogP contribution in [0.1, 0.15) is 29.0 Å². The van der Waals surface area contributed by atoms with Gasteiger partial charge in [0.2, 0.25) is 0 Å². The molecule has 1 aliphatic rings. The highest BCUT2D eigenvalue weighted by Crippen LogP contribution is 2.51. The maximum absolute atomic E-state index is 9.28. The van der Waals surface area contributed by atoms with E-state index in [0.29, 0.717) is 0 Å². The molecule has 18 heavy (non-hydrogen) atoms. The Bertz CT molecular complexity index is 628. The lowest BCUT2D eigenvalue weighted by Crippen LogP contribution is -2.01. The van der Waals surface area contributed by atoms with Crippen LogP contribution >= 0.6 is 11.3 Å². The monoisotopic (exact) mass is 254 g/mol. The molecule has 0 N–H and O–H groups in total. The van der Waals surface area contributed by atoms with Gasteiger partial charge in [0.05, 0.1) is 17.2 Å². The fourth-order valence-electron chi connectivity index (χ4n) is 2.17. The standard InChI is InChI=1S/C15H14N2S/c1-10-3-5-12(6-4-10)14-17-11(2)13(18-14)15(9-16)7-8-15/h3-6H,7-8H2,1-2H3. The van der Waals surface area contributed by atoms with E-state index in [0.717, 1.165) is 29.1 Å². The zero-order valence-electron chi connectivity index (χ0n) is 10.5. The summed E-state index contributed by atoms with van der Waals surface area (Å²) in [6.45, 7) is 4.10. The molecule has 0 amide bonds. The molecular formula is C15H14N2S. The molecule has 0 bridgehead atoms. The number of rotatable bonds is 2. The zero-order valence-corrected chi connectivity index (χ0v) is 11.3. The van der Waals surface area contributed by atoms with Crippen molar-refractivity contribution < 1.29 is 0 Å². The van der Waals surface area contributed by atoms with Crippen LogP contribution < -0.4 is 0 Å². The summed E-state index contributed by atoms with van der Waals surface area (Å²) in [6, 6.07) is 10.9. The van der Waals surface area contributed by atoms with Crippen LogP contribution in [-0.2, 0) is 5.41 Å². The maximum atomic E-state index is 9.28. The molecule has 3 heteroatoms. The zero-order chi connectivity index (χ0) is 12.8.